The first-order chi connectivity index (χ1) is 12.2. The van der Waals surface area contributed by atoms with E-state index < -0.39 is 0 Å². The van der Waals surface area contributed by atoms with Crippen molar-refractivity contribution >= 4 is 17.3 Å². The zero-order valence-corrected chi connectivity index (χ0v) is 15.4. The van der Waals surface area contributed by atoms with Gasteiger partial charge in [-0.25, -0.2) is 9.97 Å². The summed E-state index contributed by atoms with van der Waals surface area (Å²) in [5.74, 6) is 1.47. The van der Waals surface area contributed by atoms with Crippen molar-refractivity contribution in [2.45, 2.75) is 26.9 Å². The number of aromatic nitrogens is 2. The summed E-state index contributed by atoms with van der Waals surface area (Å²) in [5.41, 5.74) is 2.93. The van der Waals surface area contributed by atoms with E-state index >= 15 is 0 Å². The first kappa shape index (κ1) is 17.2. The van der Waals surface area contributed by atoms with Gasteiger partial charge < -0.3 is 15.1 Å². The van der Waals surface area contributed by atoms with E-state index in [1.165, 1.54) is 11.3 Å². The average Bonchev–Trinajstić information content (AvgIpc) is 3.22. The fourth-order valence-electron chi connectivity index (χ4n) is 2.38. The summed E-state index contributed by atoms with van der Waals surface area (Å²) >= 11 is 1.70. The van der Waals surface area contributed by atoms with Gasteiger partial charge in [0.05, 0.1) is 18.8 Å². The van der Waals surface area contributed by atoms with E-state index in [0.717, 1.165) is 27.7 Å². The predicted octanol–water partition coefficient (Wildman–Crippen LogP) is 3.28. The minimum Gasteiger partial charge on any atom is -0.443 e. The maximum Gasteiger partial charge on any atom is 0.191 e. The van der Waals surface area contributed by atoms with Gasteiger partial charge in [0.2, 0.25) is 0 Å². The second-order valence-electron chi connectivity index (χ2n) is 5.52. The van der Waals surface area contributed by atoms with Crippen molar-refractivity contribution in [3.8, 4) is 11.3 Å². The molecule has 0 aliphatic heterocycles. The normalized spacial score (nSPS) is 11.6. The van der Waals surface area contributed by atoms with E-state index in [-0.39, 0.29) is 0 Å². The van der Waals surface area contributed by atoms with Crippen molar-refractivity contribution in [3.05, 3.63) is 58.0 Å². The number of nitrogens with one attached hydrogen (secondary N) is 2. The Morgan fingerprint density at radius 1 is 1.16 bits per heavy atom. The second kappa shape index (κ2) is 7.94. The molecular weight excluding hydrogens is 334 g/mol. The number of oxazole rings is 1. The van der Waals surface area contributed by atoms with E-state index in [0.29, 0.717) is 19.0 Å². The van der Waals surface area contributed by atoms with Crippen molar-refractivity contribution in [3.63, 3.8) is 0 Å². The number of hydrogen-bond acceptors (Lipinski definition) is 5. The van der Waals surface area contributed by atoms with Crippen LogP contribution in [0.4, 0.5) is 0 Å². The Balaban J connectivity index is 1.60. The molecule has 2 heterocycles. The van der Waals surface area contributed by atoms with Crippen LogP contribution in [0.25, 0.3) is 11.3 Å². The quantitative estimate of drug-likeness (QED) is 0.543. The highest BCUT2D eigenvalue weighted by Gasteiger charge is 2.11. The predicted molar refractivity (Wildman–Crippen MR) is 101 cm³/mol. The van der Waals surface area contributed by atoms with Crippen molar-refractivity contribution in [1.29, 1.82) is 0 Å². The van der Waals surface area contributed by atoms with E-state index in [1.807, 2.05) is 37.3 Å². The molecule has 0 unspecified atom stereocenters. The minimum absolute atomic E-state index is 0.524. The van der Waals surface area contributed by atoms with Crippen LogP contribution in [0.1, 0.15) is 21.3 Å². The van der Waals surface area contributed by atoms with Gasteiger partial charge in [-0.15, -0.1) is 11.3 Å². The van der Waals surface area contributed by atoms with Crippen molar-refractivity contribution < 1.29 is 4.42 Å². The molecule has 0 fully saturated rings. The Kier molecular flexibility index (Phi) is 5.45. The fourth-order valence-corrected chi connectivity index (χ4v) is 3.26. The largest absolute Gasteiger partial charge is 0.443 e. The maximum absolute atomic E-state index is 5.54. The zero-order valence-electron chi connectivity index (χ0n) is 14.5. The van der Waals surface area contributed by atoms with E-state index in [1.54, 1.807) is 18.4 Å². The van der Waals surface area contributed by atoms with E-state index in [2.05, 4.69) is 32.5 Å². The molecule has 0 atom stereocenters. The van der Waals surface area contributed by atoms with Crippen molar-refractivity contribution in [2.24, 2.45) is 4.99 Å². The summed E-state index contributed by atoms with van der Waals surface area (Å²) in [6.45, 7) is 5.27. The standard InChI is InChI=1S/C18H21N5OS/c1-12-13(2)25-16(23-12)10-21-18(19-3)20-9-15-17(24-11-22-15)14-7-5-4-6-8-14/h4-8,11H,9-10H2,1-3H3,(H2,19,20,21). The summed E-state index contributed by atoms with van der Waals surface area (Å²) in [6.07, 6.45) is 1.47. The van der Waals surface area contributed by atoms with Gasteiger partial charge in [0, 0.05) is 17.5 Å². The van der Waals surface area contributed by atoms with Gasteiger partial charge in [-0.2, -0.15) is 0 Å². The summed E-state index contributed by atoms with van der Waals surface area (Å²) in [4.78, 5) is 14.3. The Morgan fingerprint density at radius 2 is 1.92 bits per heavy atom. The Morgan fingerprint density at radius 3 is 2.60 bits per heavy atom. The summed E-state index contributed by atoms with van der Waals surface area (Å²) in [5, 5.41) is 7.59. The van der Waals surface area contributed by atoms with Gasteiger partial charge in [0.25, 0.3) is 0 Å². The number of guanidine groups is 1. The number of nitrogens with zero attached hydrogens (tertiary/aromatic N) is 3. The van der Waals surface area contributed by atoms with Crippen LogP contribution in [0, 0.1) is 13.8 Å². The highest BCUT2D eigenvalue weighted by Crippen LogP contribution is 2.22. The highest BCUT2D eigenvalue weighted by molar-refractivity contribution is 7.11. The summed E-state index contributed by atoms with van der Waals surface area (Å²) in [6, 6.07) is 9.95. The highest BCUT2D eigenvalue weighted by atomic mass is 32.1. The van der Waals surface area contributed by atoms with Gasteiger partial charge >= 0.3 is 0 Å². The number of aryl methyl sites for hydroxylation is 2. The lowest BCUT2D eigenvalue weighted by molar-refractivity contribution is 0.570. The van der Waals surface area contributed by atoms with Crippen molar-refractivity contribution in [1.82, 2.24) is 20.6 Å². The fraction of sp³-hybridized carbons (Fsp3) is 0.278. The first-order valence-electron chi connectivity index (χ1n) is 8.02. The van der Waals surface area contributed by atoms with Crippen LogP contribution in [0.2, 0.25) is 0 Å². The molecule has 130 valence electrons. The lowest BCUT2D eigenvalue weighted by atomic mass is 10.1. The summed E-state index contributed by atoms with van der Waals surface area (Å²) < 4.78 is 5.54. The molecule has 0 saturated heterocycles. The molecule has 0 amide bonds. The summed E-state index contributed by atoms with van der Waals surface area (Å²) in [7, 11) is 1.74. The Bertz CT molecular complexity index is 834. The van der Waals surface area contributed by atoms with Crippen LogP contribution in [-0.2, 0) is 13.1 Å². The third-order valence-corrected chi connectivity index (χ3v) is 4.88. The SMILES string of the molecule is CN=C(NCc1nc(C)c(C)s1)NCc1ncoc1-c1ccccc1. The van der Waals surface area contributed by atoms with Gasteiger partial charge in [-0.05, 0) is 13.8 Å². The van der Waals surface area contributed by atoms with Crippen LogP contribution in [0.15, 0.2) is 46.1 Å². The monoisotopic (exact) mass is 355 g/mol. The van der Waals surface area contributed by atoms with Gasteiger partial charge in [0.15, 0.2) is 18.1 Å². The molecule has 0 radical (unpaired) electrons. The molecule has 0 bridgehead atoms. The topological polar surface area (TPSA) is 75.3 Å². The minimum atomic E-state index is 0.524. The molecule has 3 rings (SSSR count). The number of benzene rings is 1. The molecule has 3 aromatic rings. The molecule has 25 heavy (non-hydrogen) atoms. The third kappa shape index (κ3) is 4.24. The van der Waals surface area contributed by atoms with Crippen LogP contribution in [0.3, 0.4) is 0 Å². The molecule has 7 heteroatoms. The number of thiazole rings is 1. The lowest BCUT2D eigenvalue weighted by Crippen LogP contribution is -2.36. The molecule has 2 N–H and O–H groups in total. The second-order valence-corrected chi connectivity index (χ2v) is 6.81. The van der Waals surface area contributed by atoms with Crippen molar-refractivity contribution in [2.75, 3.05) is 7.05 Å². The van der Waals surface area contributed by atoms with Gasteiger partial charge in [-0.3, -0.25) is 4.99 Å². The molecule has 0 aliphatic rings. The third-order valence-electron chi connectivity index (χ3n) is 3.80. The molecule has 0 saturated carbocycles. The molecular formula is C18H21N5OS. The van der Waals surface area contributed by atoms with Crippen LogP contribution in [0.5, 0.6) is 0 Å². The number of aliphatic imine (C=N–C) groups is 1. The molecule has 0 aliphatic carbocycles. The number of hydrogen-bond donors (Lipinski definition) is 2. The Hall–Kier alpha value is -2.67. The van der Waals surface area contributed by atoms with E-state index in [9.17, 15) is 0 Å². The van der Waals surface area contributed by atoms with E-state index in [4.69, 9.17) is 4.42 Å². The lowest BCUT2D eigenvalue weighted by Gasteiger charge is -2.10. The smallest absolute Gasteiger partial charge is 0.191 e. The first-order valence-corrected chi connectivity index (χ1v) is 8.84. The van der Waals surface area contributed by atoms with Crippen LogP contribution in [-0.4, -0.2) is 23.0 Å². The van der Waals surface area contributed by atoms with Gasteiger partial charge in [0.1, 0.15) is 10.7 Å². The molecule has 2 aromatic heterocycles. The van der Waals surface area contributed by atoms with Crippen LogP contribution < -0.4 is 10.6 Å². The molecule has 6 nitrogen and oxygen atoms in total. The molecule has 1 aromatic carbocycles. The Labute approximate surface area is 151 Å². The average molecular weight is 355 g/mol. The maximum atomic E-state index is 5.54. The number of rotatable bonds is 5. The molecule has 0 spiro atoms. The zero-order chi connectivity index (χ0) is 17.6. The van der Waals surface area contributed by atoms with Crippen LogP contribution >= 0.6 is 11.3 Å². The van der Waals surface area contributed by atoms with Gasteiger partial charge in [-0.1, -0.05) is 30.3 Å².